The molecule has 4 rings (SSSR count). The van der Waals surface area contributed by atoms with Crippen molar-refractivity contribution in [1.82, 2.24) is 15.1 Å². The van der Waals surface area contributed by atoms with Crippen molar-refractivity contribution in [3.05, 3.63) is 48.0 Å². The Labute approximate surface area is 170 Å². The summed E-state index contributed by atoms with van der Waals surface area (Å²) >= 11 is 0. The first-order valence-electron chi connectivity index (χ1n) is 10.4. The molecule has 0 bridgehead atoms. The summed E-state index contributed by atoms with van der Waals surface area (Å²) in [6.07, 6.45) is 3.96. The molecule has 0 saturated carbocycles. The predicted molar refractivity (Wildman–Crippen MR) is 111 cm³/mol. The lowest BCUT2D eigenvalue weighted by Gasteiger charge is -2.36. The van der Waals surface area contributed by atoms with Gasteiger partial charge in [-0.1, -0.05) is 43.3 Å². The molecule has 152 valence electrons. The maximum absolute atomic E-state index is 13.2. The second-order valence-electron chi connectivity index (χ2n) is 8.15. The van der Waals surface area contributed by atoms with E-state index in [-0.39, 0.29) is 24.4 Å². The number of nitrogens with one attached hydrogen (secondary N) is 1. The number of piperidine rings is 1. The van der Waals surface area contributed by atoms with E-state index in [9.17, 15) is 14.4 Å². The minimum Gasteiger partial charge on any atom is -0.338 e. The third-order valence-corrected chi connectivity index (χ3v) is 6.31. The zero-order chi connectivity index (χ0) is 20.6. The summed E-state index contributed by atoms with van der Waals surface area (Å²) in [6.45, 7) is 4.27. The van der Waals surface area contributed by atoms with E-state index >= 15 is 0 Å². The Morgan fingerprint density at radius 1 is 1.14 bits per heavy atom. The Morgan fingerprint density at radius 3 is 2.66 bits per heavy atom. The van der Waals surface area contributed by atoms with E-state index in [1.807, 2.05) is 47.4 Å². The van der Waals surface area contributed by atoms with E-state index in [1.54, 1.807) is 6.92 Å². The van der Waals surface area contributed by atoms with Crippen molar-refractivity contribution >= 4 is 28.6 Å². The molecule has 2 aromatic rings. The van der Waals surface area contributed by atoms with Crippen molar-refractivity contribution in [2.24, 2.45) is 0 Å². The molecular formula is C23H27N3O3. The highest BCUT2D eigenvalue weighted by atomic mass is 16.2. The number of hydrogen-bond acceptors (Lipinski definition) is 3. The topological polar surface area (TPSA) is 69.7 Å². The minimum atomic E-state index is -1.17. The number of amides is 4. The van der Waals surface area contributed by atoms with E-state index in [0.29, 0.717) is 12.1 Å². The van der Waals surface area contributed by atoms with Crippen molar-refractivity contribution in [2.75, 3.05) is 13.1 Å². The van der Waals surface area contributed by atoms with Crippen LogP contribution in [0, 0.1) is 0 Å². The number of carbonyl (C=O) groups is 3. The van der Waals surface area contributed by atoms with Crippen molar-refractivity contribution in [2.45, 2.75) is 51.1 Å². The van der Waals surface area contributed by atoms with Gasteiger partial charge in [0.2, 0.25) is 5.91 Å². The van der Waals surface area contributed by atoms with Gasteiger partial charge in [0.05, 0.1) is 0 Å². The summed E-state index contributed by atoms with van der Waals surface area (Å²) in [5.41, 5.74) is -0.457. The van der Waals surface area contributed by atoms with Gasteiger partial charge in [-0.2, -0.15) is 0 Å². The first-order chi connectivity index (χ1) is 13.9. The number of nitrogens with zero attached hydrogens (tertiary/aromatic N) is 2. The van der Waals surface area contributed by atoms with Gasteiger partial charge in [0.15, 0.2) is 0 Å². The van der Waals surface area contributed by atoms with Crippen LogP contribution < -0.4 is 5.32 Å². The molecule has 1 N–H and O–H groups in total. The molecule has 0 aromatic heterocycles. The van der Waals surface area contributed by atoms with Gasteiger partial charge in [-0.05, 0) is 55.0 Å². The number of imide groups is 1. The molecule has 2 fully saturated rings. The lowest BCUT2D eigenvalue weighted by atomic mass is 9.90. The number of hydrogen-bond donors (Lipinski definition) is 1. The summed E-state index contributed by atoms with van der Waals surface area (Å²) in [4.78, 5) is 41.6. The molecule has 2 aromatic carbocycles. The van der Waals surface area contributed by atoms with Crippen LogP contribution in [0.5, 0.6) is 0 Å². The number of likely N-dealkylation sites (tertiary alicyclic amines) is 1. The fourth-order valence-corrected chi connectivity index (χ4v) is 4.52. The lowest BCUT2D eigenvalue weighted by Crippen LogP contribution is -2.49. The van der Waals surface area contributed by atoms with Crippen molar-refractivity contribution in [3.63, 3.8) is 0 Å². The molecule has 4 amide bonds. The highest BCUT2D eigenvalue weighted by Crippen LogP contribution is 2.31. The van der Waals surface area contributed by atoms with Gasteiger partial charge >= 0.3 is 6.03 Å². The predicted octanol–water partition coefficient (Wildman–Crippen LogP) is 3.40. The van der Waals surface area contributed by atoms with Crippen LogP contribution in [0.15, 0.2) is 42.5 Å². The van der Waals surface area contributed by atoms with E-state index in [4.69, 9.17) is 0 Å². The van der Waals surface area contributed by atoms with E-state index < -0.39 is 11.6 Å². The highest BCUT2D eigenvalue weighted by Gasteiger charge is 2.50. The SMILES string of the molecule is CCC1CCCCN1C(=O)CN1C(=O)NC(C)(c2ccc3ccccc3c2)C1=O. The second-order valence-corrected chi connectivity index (χ2v) is 8.15. The summed E-state index contributed by atoms with van der Waals surface area (Å²) in [7, 11) is 0. The average Bonchev–Trinajstić information content (AvgIpc) is 2.97. The van der Waals surface area contributed by atoms with Gasteiger partial charge in [-0.25, -0.2) is 4.79 Å². The lowest BCUT2D eigenvalue weighted by molar-refractivity contribution is -0.141. The number of urea groups is 1. The molecule has 2 heterocycles. The first kappa shape index (κ1) is 19.4. The Bertz CT molecular complexity index is 973. The standard InChI is InChI=1S/C23H27N3O3/c1-3-19-10-6-7-13-25(19)20(27)15-26-21(28)23(2,24-22(26)29)18-12-11-16-8-4-5-9-17(16)14-18/h4-5,8-9,11-12,14,19H,3,6-7,10,13,15H2,1-2H3,(H,24,29). The zero-order valence-corrected chi connectivity index (χ0v) is 17.0. The zero-order valence-electron chi connectivity index (χ0n) is 17.0. The van der Waals surface area contributed by atoms with Gasteiger partial charge in [-0.15, -0.1) is 0 Å². The fourth-order valence-electron chi connectivity index (χ4n) is 4.52. The third-order valence-electron chi connectivity index (χ3n) is 6.31. The molecule has 0 aliphatic carbocycles. The van der Waals surface area contributed by atoms with E-state index in [0.717, 1.165) is 41.4 Å². The quantitative estimate of drug-likeness (QED) is 0.810. The van der Waals surface area contributed by atoms with Gasteiger partial charge in [0, 0.05) is 12.6 Å². The normalized spacial score (nSPS) is 24.8. The number of rotatable bonds is 4. The van der Waals surface area contributed by atoms with Crippen LogP contribution >= 0.6 is 0 Å². The summed E-state index contributed by atoms with van der Waals surface area (Å²) in [5, 5.41) is 4.88. The average molecular weight is 393 g/mol. The molecule has 2 aliphatic rings. The van der Waals surface area contributed by atoms with Crippen molar-refractivity contribution < 1.29 is 14.4 Å². The maximum Gasteiger partial charge on any atom is 0.325 e. The van der Waals surface area contributed by atoms with E-state index in [2.05, 4.69) is 12.2 Å². The Kier molecular flexibility index (Phi) is 5.03. The van der Waals surface area contributed by atoms with Crippen molar-refractivity contribution in [1.29, 1.82) is 0 Å². The number of carbonyl (C=O) groups excluding carboxylic acids is 3. The monoisotopic (exact) mass is 393 g/mol. The Balaban J connectivity index is 1.56. The van der Waals surface area contributed by atoms with Crippen LogP contribution in [0.4, 0.5) is 4.79 Å². The minimum absolute atomic E-state index is 0.150. The summed E-state index contributed by atoms with van der Waals surface area (Å²) < 4.78 is 0. The van der Waals surface area contributed by atoms with Gasteiger partial charge in [-0.3, -0.25) is 14.5 Å². The molecule has 6 heteroatoms. The molecule has 2 unspecified atom stereocenters. The molecule has 6 nitrogen and oxygen atoms in total. The van der Waals surface area contributed by atoms with Crippen molar-refractivity contribution in [3.8, 4) is 0 Å². The fraction of sp³-hybridized carbons (Fsp3) is 0.435. The Morgan fingerprint density at radius 2 is 1.90 bits per heavy atom. The third kappa shape index (κ3) is 3.37. The molecular weight excluding hydrogens is 366 g/mol. The van der Waals surface area contributed by atoms with Crippen LogP contribution in [0.2, 0.25) is 0 Å². The molecule has 2 aliphatic heterocycles. The molecule has 0 radical (unpaired) electrons. The van der Waals surface area contributed by atoms with E-state index in [1.165, 1.54) is 0 Å². The molecule has 29 heavy (non-hydrogen) atoms. The molecule has 2 saturated heterocycles. The van der Waals surface area contributed by atoms with Crippen LogP contribution in [0.25, 0.3) is 10.8 Å². The summed E-state index contributed by atoms with van der Waals surface area (Å²) in [5.74, 6) is -0.529. The largest absolute Gasteiger partial charge is 0.338 e. The van der Waals surface area contributed by atoms with Crippen LogP contribution in [-0.2, 0) is 15.1 Å². The van der Waals surface area contributed by atoms with Crippen LogP contribution in [0.1, 0.15) is 45.1 Å². The number of fused-ring (bicyclic) bond motifs is 1. The van der Waals surface area contributed by atoms with Gasteiger partial charge in [0.25, 0.3) is 5.91 Å². The molecule has 0 spiro atoms. The molecule has 2 atom stereocenters. The smallest absolute Gasteiger partial charge is 0.325 e. The first-order valence-corrected chi connectivity index (χ1v) is 10.4. The van der Waals surface area contributed by atoms with Gasteiger partial charge < -0.3 is 10.2 Å². The van der Waals surface area contributed by atoms with Gasteiger partial charge in [0.1, 0.15) is 12.1 Å². The number of benzene rings is 2. The van der Waals surface area contributed by atoms with Crippen LogP contribution in [-0.4, -0.2) is 46.8 Å². The highest BCUT2D eigenvalue weighted by molar-refractivity contribution is 6.09. The summed E-state index contributed by atoms with van der Waals surface area (Å²) in [6, 6.07) is 13.3. The second kappa shape index (κ2) is 7.50. The Hall–Kier alpha value is -2.89. The van der Waals surface area contributed by atoms with Crippen LogP contribution in [0.3, 0.4) is 0 Å². The maximum atomic E-state index is 13.2.